The van der Waals surface area contributed by atoms with Crippen LogP contribution in [0.15, 0.2) is 42.6 Å². The quantitative estimate of drug-likeness (QED) is 0.691. The molecule has 7 nitrogen and oxygen atoms in total. The predicted octanol–water partition coefficient (Wildman–Crippen LogP) is 3.66. The molecule has 4 rings (SSSR count). The number of ether oxygens (including phenoxy) is 1. The summed E-state index contributed by atoms with van der Waals surface area (Å²) in [6.45, 7) is 5.11. The summed E-state index contributed by atoms with van der Waals surface area (Å²) in [6.07, 6.45) is 5.30. The summed E-state index contributed by atoms with van der Waals surface area (Å²) in [5.41, 5.74) is 1.20. The molecule has 1 aliphatic heterocycles. The second kappa shape index (κ2) is 8.96. The highest BCUT2D eigenvalue weighted by Gasteiger charge is 2.18. The van der Waals surface area contributed by atoms with Crippen molar-refractivity contribution in [2.24, 2.45) is 0 Å². The Morgan fingerprint density at radius 1 is 1.10 bits per heavy atom. The van der Waals surface area contributed by atoms with Crippen LogP contribution in [0.25, 0.3) is 10.9 Å². The molecule has 0 spiro atoms. The molecule has 2 aromatic heterocycles. The van der Waals surface area contributed by atoms with E-state index in [1.807, 2.05) is 31.2 Å². The number of nitrogens with zero attached hydrogens (tertiary/aromatic N) is 4. The first-order valence-electron chi connectivity index (χ1n) is 10.1. The van der Waals surface area contributed by atoms with Gasteiger partial charge >= 0.3 is 0 Å². The third-order valence-corrected chi connectivity index (χ3v) is 4.99. The summed E-state index contributed by atoms with van der Waals surface area (Å²) in [4.78, 5) is 28.9. The third kappa shape index (κ3) is 4.51. The van der Waals surface area contributed by atoms with E-state index in [9.17, 15) is 4.79 Å². The lowest BCUT2D eigenvalue weighted by Crippen LogP contribution is -2.30. The maximum Gasteiger partial charge on any atom is 0.262 e. The maximum atomic E-state index is 13.0. The third-order valence-electron chi connectivity index (χ3n) is 4.99. The summed E-state index contributed by atoms with van der Waals surface area (Å²) in [5, 5.41) is 3.76. The van der Waals surface area contributed by atoms with Crippen molar-refractivity contribution in [3.8, 4) is 5.88 Å². The van der Waals surface area contributed by atoms with E-state index in [0.29, 0.717) is 30.4 Å². The molecule has 1 saturated heterocycles. The molecule has 3 aromatic rings. The summed E-state index contributed by atoms with van der Waals surface area (Å²) in [5.74, 6) is 1.25. The van der Waals surface area contributed by atoms with Gasteiger partial charge in [-0.15, -0.1) is 0 Å². The van der Waals surface area contributed by atoms with Crippen LogP contribution in [0, 0.1) is 0 Å². The minimum Gasteiger partial charge on any atom is -0.477 e. The minimum absolute atomic E-state index is 0.297. The number of para-hydroxylation sites is 1. The summed E-state index contributed by atoms with van der Waals surface area (Å²) >= 11 is 0. The number of hydrogen-bond donors (Lipinski definition) is 1. The van der Waals surface area contributed by atoms with Gasteiger partial charge in [0.05, 0.1) is 18.7 Å². The number of pyridine rings is 1. The zero-order valence-corrected chi connectivity index (χ0v) is 16.6. The molecule has 29 heavy (non-hydrogen) atoms. The van der Waals surface area contributed by atoms with Crippen molar-refractivity contribution in [1.82, 2.24) is 19.9 Å². The van der Waals surface area contributed by atoms with Gasteiger partial charge in [-0.1, -0.05) is 18.6 Å². The smallest absolute Gasteiger partial charge is 0.262 e. The van der Waals surface area contributed by atoms with Crippen LogP contribution in [-0.2, 0) is 6.54 Å². The Morgan fingerprint density at radius 3 is 2.76 bits per heavy atom. The minimum atomic E-state index is -0.297. The Balaban J connectivity index is 1.64. The number of rotatable bonds is 6. The average molecular weight is 391 g/mol. The van der Waals surface area contributed by atoms with Crippen molar-refractivity contribution in [2.45, 2.75) is 32.7 Å². The lowest BCUT2D eigenvalue weighted by atomic mass is 10.1. The van der Waals surface area contributed by atoms with Crippen LogP contribution in [0.1, 0.15) is 42.4 Å². The van der Waals surface area contributed by atoms with Gasteiger partial charge in [-0.05, 0) is 57.1 Å². The number of fused-ring (bicyclic) bond motifs is 1. The van der Waals surface area contributed by atoms with E-state index < -0.39 is 0 Å². The number of anilines is 1. The molecular weight excluding hydrogens is 366 g/mol. The van der Waals surface area contributed by atoms with Crippen LogP contribution in [0.4, 0.5) is 5.82 Å². The van der Waals surface area contributed by atoms with Gasteiger partial charge in [0.1, 0.15) is 17.2 Å². The van der Waals surface area contributed by atoms with E-state index in [1.54, 1.807) is 18.3 Å². The van der Waals surface area contributed by atoms with Gasteiger partial charge in [0, 0.05) is 11.6 Å². The molecule has 1 N–H and O–H groups in total. The maximum absolute atomic E-state index is 13.0. The first kappa shape index (κ1) is 19.3. The van der Waals surface area contributed by atoms with Crippen LogP contribution < -0.4 is 10.1 Å². The van der Waals surface area contributed by atoms with E-state index in [0.717, 1.165) is 29.8 Å². The Kier molecular flexibility index (Phi) is 5.95. The number of amides is 1. The van der Waals surface area contributed by atoms with Gasteiger partial charge in [-0.25, -0.2) is 15.0 Å². The fraction of sp³-hybridized carbons (Fsp3) is 0.364. The summed E-state index contributed by atoms with van der Waals surface area (Å²) < 4.78 is 5.50. The van der Waals surface area contributed by atoms with Crippen molar-refractivity contribution in [3.05, 3.63) is 54.0 Å². The fourth-order valence-corrected chi connectivity index (χ4v) is 3.60. The van der Waals surface area contributed by atoms with Gasteiger partial charge in [0.2, 0.25) is 5.88 Å². The second-order valence-electron chi connectivity index (χ2n) is 7.09. The molecule has 1 amide bonds. The molecule has 0 unspecified atom stereocenters. The normalized spacial score (nSPS) is 14.7. The number of carbonyl (C=O) groups excluding carboxylic acids is 1. The van der Waals surface area contributed by atoms with Gasteiger partial charge in [-0.2, -0.15) is 0 Å². The highest BCUT2D eigenvalue weighted by molar-refractivity contribution is 6.08. The molecule has 0 aliphatic carbocycles. The number of hydrogen-bond acceptors (Lipinski definition) is 6. The molecule has 3 heterocycles. The predicted molar refractivity (Wildman–Crippen MR) is 112 cm³/mol. The van der Waals surface area contributed by atoms with Crippen molar-refractivity contribution in [1.29, 1.82) is 0 Å². The molecule has 0 saturated carbocycles. The molecule has 1 fully saturated rings. The van der Waals surface area contributed by atoms with Crippen molar-refractivity contribution < 1.29 is 9.53 Å². The standard InChI is InChI=1S/C22H25N5O2/c1-2-29-22-17(10-8-12-23-22)21(28)26-20-16-9-4-5-11-18(16)24-19(25-20)15-27-13-6-3-7-14-27/h4-5,8-12H,2-3,6-7,13-15H2,1H3,(H,24,25,26,28). The lowest BCUT2D eigenvalue weighted by molar-refractivity contribution is 0.102. The molecule has 7 heteroatoms. The van der Waals surface area contributed by atoms with E-state index in [-0.39, 0.29) is 5.91 Å². The Morgan fingerprint density at radius 2 is 1.93 bits per heavy atom. The van der Waals surface area contributed by atoms with Crippen LogP contribution in [-0.4, -0.2) is 45.5 Å². The van der Waals surface area contributed by atoms with Gasteiger partial charge in [-0.3, -0.25) is 9.69 Å². The SMILES string of the molecule is CCOc1ncccc1C(=O)Nc1nc(CN2CCCCC2)nc2ccccc12. The summed E-state index contributed by atoms with van der Waals surface area (Å²) in [6, 6.07) is 11.1. The highest BCUT2D eigenvalue weighted by Crippen LogP contribution is 2.23. The molecule has 0 bridgehead atoms. The zero-order valence-electron chi connectivity index (χ0n) is 16.6. The van der Waals surface area contributed by atoms with Crippen molar-refractivity contribution >= 4 is 22.6 Å². The fourth-order valence-electron chi connectivity index (χ4n) is 3.60. The molecule has 1 aliphatic rings. The van der Waals surface area contributed by atoms with Crippen molar-refractivity contribution in [3.63, 3.8) is 0 Å². The van der Waals surface area contributed by atoms with Crippen LogP contribution >= 0.6 is 0 Å². The first-order valence-corrected chi connectivity index (χ1v) is 10.1. The highest BCUT2D eigenvalue weighted by atomic mass is 16.5. The van der Waals surface area contributed by atoms with Crippen LogP contribution in [0.3, 0.4) is 0 Å². The monoisotopic (exact) mass is 391 g/mol. The topological polar surface area (TPSA) is 80.2 Å². The van der Waals surface area contributed by atoms with Gasteiger partial charge in [0.25, 0.3) is 5.91 Å². The first-order chi connectivity index (χ1) is 14.2. The van der Waals surface area contributed by atoms with E-state index in [2.05, 4.69) is 15.2 Å². The molecule has 150 valence electrons. The van der Waals surface area contributed by atoms with E-state index in [1.165, 1.54) is 19.3 Å². The molecule has 1 aromatic carbocycles. The lowest BCUT2D eigenvalue weighted by Gasteiger charge is -2.25. The number of aromatic nitrogens is 3. The van der Waals surface area contributed by atoms with Crippen LogP contribution in [0.2, 0.25) is 0 Å². The number of likely N-dealkylation sites (tertiary alicyclic amines) is 1. The van der Waals surface area contributed by atoms with Gasteiger partial charge < -0.3 is 10.1 Å². The zero-order chi connectivity index (χ0) is 20.1. The average Bonchev–Trinajstić information content (AvgIpc) is 2.75. The number of benzene rings is 1. The van der Waals surface area contributed by atoms with Crippen molar-refractivity contribution in [2.75, 3.05) is 25.0 Å². The van der Waals surface area contributed by atoms with Gasteiger partial charge in [0.15, 0.2) is 0 Å². The Hall–Kier alpha value is -3.06. The molecular formula is C22H25N5O2. The number of piperidine rings is 1. The second-order valence-corrected chi connectivity index (χ2v) is 7.09. The Labute approximate surface area is 170 Å². The number of carbonyl (C=O) groups is 1. The van der Waals surface area contributed by atoms with E-state index in [4.69, 9.17) is 14.7 Å². The summed E-state index contributed by atoms with van der Waals surface area (Å²) in [7, 11) is 0. The number of nitrogens with one attached hydrogen (secondary N) is 1. The largest absolute Gasteiger partial charge is 0.477 e. The van der Waals surface area contributed by atoms with Crippen LogP contribution in [0.5, 0.6) is 5.88 Å². The van der Waals surface area contributed by atoms with E-state index >= 15 is 0 Å². The molecule has 0 radical (unpaired) electrons. The molecule has 0 atom stereocenters. The Bertz CT molecular complexity index is 1000.